The largest absolute Gasteiger partial charge is 0.481 e. The van der Waals surface area contributed by atoms with Crippen molar-refractivity contribution in [1.29, 1.82) is 0 Å². The fourth-order valence-corrected chi connectivity index (χ4v) is 2.42. The summed E-state index contributed by atoms with van der Waals surface area (Å²) in [5, 5.41) is 11.1. The van der Waals surface area contributed by atoms with E-state index in [1.807, 2.05) is 17.5 Å². The van der Waals surface area contributed by atoms with Gasteiger partial charge in [0, 0.05) is 4.88 Å². The quantitative estimate of drug-likeness (QED) is 0.904. The lowest BCUT2D eigenvalue weighted by Crippen LogP contribution is -2.13. The van der Waals surface area contributed by atoms with Crippen LogP contribution in [0.4, 0.5) is 4.39 Å². The molecule has 17 heavy (non-hydrogen) atoms. The molecule has 4 heteroatoms. The van der Waals surface area contributed by atoms with Crippen molar-refractivity contribution in [2.24, 2.45) is 0 Å². The maximum Gasteiger partial charge on any atom is 0.311 e. The molecule has 0 saturated heterocycles. The Hall–Kier alpha value is -1.68. The van der Waals surface area contributed by atoms with E-state index in [9.17, 15) is 14.3 Å². The second kappa shape index (κ2) is 5.10. The molecule has 0 aliphatic carbocycles. The van der Waals surface area contributed by atoms with Crippen LogP contribution in [0.5, 0.6) is 0 Å². The summed E-state index contributed by atoms with van der Waals surface area (Å²) in [6.45, 7) is 0. The summed E-state index contributed by atoms with van der Waals surface area (Å²) >= 11 is 1.53. The maximum atomic E-state index is 12.8. The van der Waals surface area contributed by atoms with Gasteiger partial charge < -0.3 is 5.11 Å². The van der Waals surface area contributed by atoms with Crippen molar-refractivity contribution in [3.05, 3.63) is 58.0 Å². The Labute approximate surface area is 102 Å². The maximum absolute atomic E-state index is 12.8. The highest BCUT2D eigenvalue weighted by molar-refractivity contribution is 7.09. The van der Waals surface area contributed by atoms with Gasteiger partial charge in [0.25, 0.3) is 0 Å². The number of carbonyl (C=O) groups is 1. The third kappa shape index (κ3) is 2.91. The van der Waals surface area contributed by atoms with E-state index in [0.29, 0.717) is 12.0 Å². The Morgan fingerprint density at radius 2 is 2.00 bits per heavy atom. The van der Waals surface area contributed by atoms with Crippen LogP contribution in [0.3, 0.4) is 0 Å². The van der Waals surface area contributed by atoms with Crippen molar-refractivity contribution in [1.82, 2.24) is 0 Å². The van der Waals surface area contributed by atoms with Crippen LogP contribution in [-0.4, -0.2) is 11.1 Å². The molecule has 1 atom stereocenters. The molecule has 0 bridgehead atoms. The van der Waals surface area contributed by atoms with Crippen LogP contribution in [-0.2, 0) is 11.2 Å². The van der Waals surface area contributed by atoms with Crippen LogP contribution in [0.15, 0.2) is 41.8 Å². The van der Waals surface area contributed by atoms with Gasteiger partial charge in [-0.3, -0.25) is 4.79 Å². The highest BCUT2D eigenvalue weighted by Gasteiger charge is 2.20. The van der Waals surface area contributed by atoms with Gasteiger partial charge in [0.2, 0.25) is 0 Å². The predicted molar refractivity (Wildman–Crippen MR) is 64.8 cm³/mol. The molecule has 0 saturated carbocycles. The van der Waals surface area contributed by atoms with Gasteiger partial charge in [0.15, 0.2) is 0 Å². The first-order chi connectivity index (χ1) is 8.16. The second-order valence-electron chi connectivity index (χ2n) is 3.73. The fraction of sp³-hybridized carbons (Fsp3) is 0.154. The van der Waals surface area contributed by atoms with E-state index in [-0.39, 0.29) is 5.82 Å². The van der Waals surface area contributed by atoms with Gasteiger partial charge in [-0.15, -0.1) is 11.3 Å². The zero-order valence-corrected chi connectivity index (χ0v) is 9.78. The Morgan fingerprint density at radius 1 is 1.29 bits per heavy atom. The number of aliphatic carboxylic acids is 1. The normalized spacial score (nSPS) is 12.3. The number of rotatable bonds is 4. The van der Waals surface area contributed by atoms with E-state index in [2.05, 4.69) is 0 Å². The van der Waals surface area contributed by atoms with Gasteiger partial charge in [-0.1, -0.05) is 18.2 Å². The van der Waals surface area contributed by atoms with E-state index in [4.69, 9.17) is 0 Å². The van der Waals surface area contributed by atoms with Crippen LogP contribution in [0.1, 0.15) is 16.4 Å². The van der Waals surface area contributed by atoms with Crippen LogP contribution in [0.2, 0.25) is 0 Å². The summed E-state index contributed by atoms with van der Waals surface area (Å²) in [5.41, 5.74) is 0.632. The summed E-state index contributed by atoms with van der Waals surface area (Å²) in [6.07, 6.45) is 0.443. The third-order valence-corrected chi connectivity index (χ3v) is 3.45. The van der Waals surface area contributed by atoms with Crippen LogP contribution in [0, 0.1) is 5.82 Å². The minimum Gasteiger partial charge on any atom is -0.481 e. The van der Waals surface area contributed by atoms with Gasteiger partial charge in [-0.25, -0.2) is 4.39 Å². The van der Waals surface area contributed by atoms with E-state index < -0.39 is 11.9 Å². The number of hydrogen-bond acceptors (Lipinski definition) is 2. The van der Waals surface area contributed by atoms with E-state index in [1.165, 1.54) is 35.6 Å². The van der Waals surface area contributed by atoms with Gasteiger partial charge in [0.05, 0.1) is 5.92 Å². The fourth-order valence-electron chi connectivity index (χ4n) is 1.67. The minimum atomic E-state index is -0.884. The molecule has 0 unspecified atom stereocenters. The molecular weight excluding hydrogens is 239 g/mol. The van der Waals surface area contributed by atoms with E-state index in [1.54, 1.807) is 0 Å². The highest BCUT2D eigenvalue weighted by atomic mass is 32.1. The minimum absolute atomic E-state index is 0.353. The van der Waals surface area contributed by atoms with Crippen molar-refractivity contribution in [3.8, 4) is 0 Å². The molecule has 1 aromatic carbocycles. The van der Waals surface area contributed by atoms with Crippen LogP contribution < -0.4 is 0 Å². The molecule has 1 heterocycles. The molecule has 1 aromatic heterocycles. The smallest absolute Gasteiger partial charge is 0.311 e. The standard InChI is InChI=1S/C13H11FO2S/c14-10-5-3-9(4-6-10)12(13(15)16)8-11-2-1-7-17-11/h1-7,12H,8H2,(H,15,16)/t12-/m1/s1. The lowest BCUT2D eigenvalue weighted by atomic mass is 9.95. The van der Waals surface area contributed by atoms with E-state index >= 15 is 0 Å². The van der Waals surface area contributed by atoms with Crippen molar-refractivity contribution in [2.75, 3.05) is 0 Å². The molecule has 0 amide bonds. The van der Waals surface area contributed by atoms with Crippen molar-refractivity contribution in [2.45, 2.75) is 12.3 Å². The average molecular weight is 250 g/mol. The highest BCUT2D eigenvalue weighted by Crippen LogP contribution is 2.24. The Kier molecular flexibility index (Phi) is 3.54. The summed E-state index contributed by atoms with van der Waals surface area (Å²) in [7, 11) is 0. The Bertz CT molecular complexity index is 491. The summed E-state index contributed by atoms with van der Waals surface area (Å²) in [5.74, 6) is -1.85. The lowest BCUT2D eigenvalue weighted by molar-refractivity contribution is -0.138. The molecule has 2 aromatic rings. The molecular formula is C13H11FO2S. The van der Waals surface area contributed by atoms with Crippen LogP contribution >= 0.6 is 11.3 Å². The number of hydrogen-bond donors (Lipinski definition) is 1. The zero-order chi connectivity index (χ0) is 12.3. The topological polar surface area (TPSA) is 37.3 Å². The molecule has 88 valence electrons. The first-order valence-electron chi connectivity index (χ1n) is 5.17. The second-order valence-corrected chi connectivity index (χ2v) is 4.76. The van der Waals surface area contributed by atoms with Gasteiger partial charge in [0.1, 0.15) is 5.82 Å². The van der Waals surface area contributed by atoms with Crippen molar-refractivity contribution < 1.29 is 14.3 Å². The van der Waals surface area contributed by atoms with Crippen molar-refractivity contribution >= 4 is 17.3 Å². The zero-order valence-electron chi connectivity index (χ0n) is 8.97. The summed E-state index contributed by atoms with van der Waals surface area (Å²) in [6, 6.07) is 9.44. The van der Waals surface area contributed by atoms with Crippen molar-refractivity contribution in [3.63, 3.8) is 0 Å². The molecule has 0 aliphatic heterocycles. The first-order valence-corrected chi connectivity index (χ1v) is 6.05. The third-order valence-electron chi connectivity index (χ3n) is 2.56. The molecule has 0 fully saturated rings. The summed E-state index contributed by atoms with van der Waals surface area (Å²) in [4.78, 5) is 12.2. The summed E-state index contributed by atoms with van der Waals surface area (Å²) < 4.78 is 12.8. The molecule has 2 rings (SSSR count). The predicted octanol–water partition coefficient (Wildman–Crippen LogP) is 3.30. The van der Waals surface area contributed by atoms with E-state index in [0.717, 1.165) is 4.88 Å². The number of halogens is 1. The number of carboxylic acid groups (broad SMARTS) is 1. The molecule has 0 radical (unpaired) electrons. The van der Waals surface area contributed by atoms with Gasteiger partial charge >= 0.3 is 5.97 Å². The first kappa shape index (κ1) is 11.8. The number of thiophene rings is 1. The number of carboxylic acids is 1. The average Bonchev–Trinajstić information content (AvgIpc) is 2.80. The Morgan fingerprint density at radius 3 is 2.53 bits per heavy atom. The monoisotopic (exact) mass is 250 g/mol. The van der Waals surface area contributed by atoms with Crippen LogP contribution in [0.25, 0.3) is 0 Å². The molecule has 0 aliphatic rings. The molecule has 2 nitrogen and oxygen atoms in total. The Balaban J connectivity index is 2.23. The molecule has 0 spiro atoms. The van der Waals surface area contributed by atoms with Gasteiger partial charge in [-0.2, -0.15) is 0 Å². The lowest BCUT2D eigenvalue weighted by Gasteiger charge is -2.11. The SMILES string of the molecule is O=C(O)[C@H](Cc1cccs1)c1ccc(F)cc1. The number of benzene rings is 1. The van der Waals surface area contributed by atoms with Gasteiger partial charge in [-0.05, 0) is 35.6 Å². The molecule has 1 N–H and O–H groups in total.